The first-order valence-corrected chi connectivity index (χ1v) is 7.50. The first-order chi connectivity index (χ1) is 9.23. The van der Waals surface area contributed by atoms with Crippen LogP contribution in [0.25, 0.3) is 0 Å². The SMILES string of the molecule is CC(C)OCCN(C)C(=O)C1(N)C2CCOC2C1(C)C. The van der Waals surface area contributed by atoms with Gasteiger partial charge in [-0.25, -0.2) is 0 Å². The molecule has 0 radical (unpaired) electrons. The van der Waals surface area contributed by atoms with Crippen LogP contribution in [-0.4, -0.2) is 55.4 Å². The van der Waals surface area contributed by atoms with Crippen molar-refractivity contribution >= 4 is 5.91 Å². The molecular weight excluding hydrogens is 256 g/mol. The molecule has 3 unspecified atom stereocenters. The second-order valence-corrected chi connectivity index (χ2v) is 6.92. The van der Waals surface area contributed by atoms with Gasteiger partial charge in [0.1, 0.15) is 5.54 Å². The number of carbonyl (C=O) groups excluding carboxylic acids is 1. The minimum atomic E-state index is -0.805. The molecule has 0 spiro atoms. The third-order valence-electron chi connectivity index (χ3n) is 5.03. The number of rotatable bonds is 5. The Kier molecular flexibility index (Phi) is 4.15. The van der Waals surface area contributed by atoms with Crippen LogP contribution in [0.15, 0.2) is 0 Å². The highest BCUT2D eigenvalue weighted by molar-refractivity contribution is 5.89. The van der Waals surface area contributed by atoms with E-state index in [0.29, 0.717) is 19.8 Å². The zero-order chi connectivity index (χ0) is 15.1. The second-order valence-electron chi connectivity index (χ2n) is 6.92. The molecule has 0 aromatic rings. The molecule has 116 valence electrons. The van der Waals surface area contributed by atoms with Crippen molar-refractivity contribution in [1.29, 1.82) is 0 Å². The van der Waals surface area contributed by atoms with Gasteiger partial charge in [0.2, 0.25) is 5.91 Å². The number of ether oxygens (including phenoxy) is 2. The monoisotopic (exact) mass is 284 g/mol. The van der Waals surface area contributed by atoms with Crippen molar-refractivity contribution in [2.24, 2.45) is 17.1 Å². The summed E-state index contributed by atoms with van der Waals surface area (Å²) in [5.74, 6) is 0.167. The van der Waals surface area contributed by atoms with Gasteiger partial charge in [0.05, 0.1) is 18.8 Å². The minimum Gasteiger partial charge on any atom is -0.377 e. The maximum atomic E-state index is 12.8. The summed E-state index contributed by atoms with van der Waals surface area (Å²) in [5.41, 5.74) is 5.42. The fraction of sp³-hybridized carbons (Fsp3) is 0.933. The molecule has 2 rings (SSSR count). The zero-order valence-corrected chi connectivity index (χ0v) is 13.3. The summed E-state index contributed by atoms with van der Waals surface area (Å²) in [6, 6.07) is 0. The predicted octanol–water partition coefficient (Wildman–Crippen LogP) is 1.01. The van der Waals surface area contributed by atoms with Gasteiger partial charge in [0.15, 0.2) is 0 Å². The van der Waals surface area contributed by atoms with E-state index in [0.717, 1.165) is 6.42 Å². The molecule has 0 aromatic heterocycles. The minimum absolute atomic E-state index is 0.0154. The van der Waals surface area contributed by atoms with E-state index in [9.17, 15) is 4.79 Å². The largest absolute Gasteiger partial charge is 0.377 e. The molecule has 1 saturated carbocycles. The maximum absolute atomic E-state index is 12.8. The summed E-state index contributed by atoms with van der Waals surface area (Å²) in [4.78, 5) is 14.5. The lowest BCUT2D eigenvalue weighted by Crippen LogP contribution is -2.80. The molecule has 1 heterocycles. The van der Waals surface area contributed by atoms with Crippen LogP contribution in [0.5, 0.6) is 0 Å². The number of nitrogens with zero attached hydrogens (tertiary/aromatic N) is 1. The van der Waals surface area contributed by atoms with E-state index in [1.54, 1.807) is 11.9 Å². The lowest BCUT2D eigenvalue weighted by Gasteiger charge is -2.61. The Bertz CT molecular complexity index is 383. The van der Waals surface area contributed by atoms with E-state index in [-0.39, 0.29) is 29.4 Å². The summed E-state index contributed by atoms with van der Waals surface area (Å²) in [5, 5.41) is 0. The van der Waals surface area contributed by atoms with Gasteiger partial charge in [-0.2, -0.15) is 0 Å². The predicted molar refractivity (Wildman–Crippen MR) is 77.3 cm³/mol. The van der Waals surface area contributed by atoms with Crippen LogP contribution < -0.4 is 5.73 Å². The van der Waals surface area contributed by atoms with E-state index >= 15 is 0 Å². The van der Waals surface area contributed by atoms with Gasteiger partial charge in [0, 0.05) is 31.5 Å². The number of hydrogen-bond donors (Lipinski definition) is 1. The van der Waals surface area contributed by atoms with Crippen LogP contribution in [0.1, 0.15) is 34.1 Å². The Labute approximate surface area is 121 Å². The number of nitrogens with two attached hydrogens (primary N) is 1. The van der Waals surface area contributed by atoms with Gasteiger partial charge in [-0.05, 0) is 20.3 Å². The summed E-state index contributed by atoms with van der Waals surface area (Å²) >= 11 is 0. The fourth-order valence-corrected chi connectivity index (χ4v) is 3.66. The molecule has 0 bridgehead atoms. The van der Waals surface area contributed by atoms with Crippen LogP contribution >= 0.6 is 0 Å². The smallest absolute Gasteiger partial charge is 0.243 e. The number of amides is 1. The zero-order valence-electron chi connectivity index (χ0n) is 13.3. The van der Waals surface area contributed by atoms with E-state index in [2.05, 4.69) is 0 Å². The average molecular weight is 284 g/mol. The number of hydrogen-bond acceptors (Lipinski definition) is 4. The van der Waals surface area contributed by atoms with E-state index < -0.39 is 5.54 Å². The van der Waals surface area contributed by atoms with Crippen molar-refractivity contribution in [1.82, 2.24) is 4.90 Å². The Morgan fingerprint density at radius 2 is 2.15 bits per heavy atom. The normalized spacial score (nSPS) is 34.8. The molecule has 1 aliphatic carbocycles. The second kappa shape index (κ2) is 5.28. The third kappa shape index (κ3) is 2.16. The summed E-state index contributed by atoms with van der Waals surface area (Å²) < 4.78 is 11.2. The highest BCUT2D eigenvalue weighted by Crippen LogP contribution is 2.58. The Morgan fingerprint density at radius 1 is 1.50 bits per heavy atom. The molecule has 0 aromatic carbocycles. The van der Waals surface area contributed by atoms with E-state index in [1.165, 1.54) is 0 Å². The Morgan fingerprint density at radius 3 is 2.75 bits per heavy atom. The highest BCUT2D eigenvalue weighted by atomic mass is 16.5. The van der Waals surface area contributed by atoms with Crippen molar-refractivity contribution in [3.63, 3.8) is 0 Å². The Balaban J connectivity index is 2.00. The summed E-state index contributed by atoms with van der Waals surface area (Å²) in [6.07, 6.45) is 1.18. The quantitative estimate of drug-likeness (QED) is 0.818. The van der Waals surface area contributed by atoms with Crippen molar-refractivity contribution in [2.75, 3.05) is 26.8 Å². The van der Waals surface area contributed by atoms with Gasteiger partial charge >= 0.3 is 0 Å². The molecule has 5 heteroatoms. The van der Waals surface area contributed by atoms with Crippen molar-refractivity contribution < 1.29 is 14.3 Å². The van der Waals surface area contributed by atoms with Gasteiger partial charge in [0.25, 0.3) is 0 Å². The standard InChI is InChI=1S/C15H28N2O3/c1-10(2)19-9-7-17(5)13(18)15(16)11-6-8-20-12(11)14(15,3)4/h10-12H,6-9,16H2,1-5H3. The lowest BCUT2D eigenvalue weighted by molar-refractivity contribution is -0.183. The molecule has 20 heavy (non-hydrogen) atoms. The van der Waals surface area contributed by atoms with Crippen LogP contribution in [0.3, 0.4) is 0 Å². The number of fused-ring (bicyclic) bond motifs is 1. The lowest BCUT2D eigenvalue weighted by atomic mass is 9.47. The molecule has 2 fully saturated rings. The van der Waals surface area contributed by atoms with Crippen LogP contribution in [0.2, 0.25) is 0 Å². The van der Waals surface area contributed by atoms with Crippen LogP contribution in [-0.2, 0) is 14.3 Å². The molecule has 2 N–H and O–H groups in total. The van der Waals surface area contributed by atoms with Crippen molar-refractivity contribution in [3.05, 3.63) is 0 Å². The molecular formula is C15H28N2O3. The topological polar surface area (TPSA) is 64.8 Å². The molecule has 5 nitrogen and oxygen atoms in total. The molecule has 1 saturated heterocycles. The summed E-state index contributed by atoms with van der Waals surface area (Å²) in [7, 11) is 1.81. The van der Waals surface area contributed by atoms with Crippen molar-refractivity contribution in [2.45, 2.75) is 51.9 Å². The van der Waals surface area contributed by atoms with Gasteiger partial charge < -0.3 is 20.1 Å². The van der Waals surface area contributed by atoms with Crippen molar-refractivity contribution in [3.8, 4) is 0 Å². The first kappa shape index (κ1) is 15.7. The summed E-state index contributed by atoms with van der Waals surface area (Å²) in [6.45, 7) is 9.88. The number of likely N-dealkylation sites (N-methyl/N-ethyl adjacent to an activating group) is 1. The molecule has 1 aliphatic heterocycles. The van der Waals surface area contributed by atoms with Crippen LogP contribution in [0, 0.1) is 11.3 Å². The molecule has 1 amide bonds. The van der Waals surface area contributed by atoms with E-state index in [4.69, 9.17) is 15.2 Å². The third-order valence-corrected chi connectivity index (χ3v) is 5.03. The van der Waals surface area contributed by atoms with E-state index in [1.807, 2.05) is 27.7 Å². The highest BCUT2D eigenvalue weighted by Gasteiger charge is 2.71. The Hall–Kier alpha value is -0.650. The van der Waals surface area contributed by atoms with Crippen LogP contribution in [0.4, 0.5) is 0 Å². The van der Waals surface area contributed by atoms with Gasteiger partial charge in [-0.3, -0.25) is 4.79 Å². The van der Waals surface area contributed by atoms with Gasteiger partial charge in [-0.1, -0.05) is 13.8 Å². The molecule has 3 atom stereocenters. The first-order valence-electron chi connectivity index (χ1n) is 7.50. The molecule has 2 aliphatic rings. The number of carbonyl (C=O) groups is 1. The fourth-order valence-electron chi connectivity index (χ4n) is 3.66. The maximum Gasteiger partial charge on any atom is 0.243 e. The average Bonchev–Trinajstić information content (AvgIpc) is 2.84. The van der Waals surface area contributed by atoms with Gasteiger partial charge in [-0.15, -0.1) is 0 Å².